The van der Waals surface area contributed by atoms with Gasteiger partial charge in [-0.1, -0.05) is 22.9 Å². The van der Waals surface area contributed by atoms with Crippen LogP contribution in [0.25, 0.3) is 0 Å². The molecule has 0 aliphatic heterocycles. The first kappa shape index (κ1) is 18.4. The molecular formula is C11H8ClF3N4O3S2. The highest BCUT2D eigenvalue weighted by molar-refractivity contribution is 7.90. The van der Waals surface area contributed by atoms with Gasteiger partial charge in [-0.25, -0.2) is 22.6 Å². The fraction of sp³-hybridized carbons (Fsp3) is 0.182. The van der Waals surface area contributed by atoms with Crippen molar-refractivity contribution < 1.29 is 26.4 Å². The number of nitrogens with one attached hydrogen (secondary N) is 1. The number of carbonyl (C=O) groups is 1. The first-order chi connectivity index (χ1) is 11.0. The lowest BCUT2D eigenvalue weighted by Crippen LogP contribution is -2.30. The summed E-state index contributed by atoms with van der Waals surface area (Å²) in [5, 5.41) is 2.25. The number of sulfonamides is 1. The molecule has 1 N–H and O–H groups in total. The third kappa shape index (κ3) is 4.33. The predicted octanol–water partition coefficient (Wildman–Crippen LogP) is 2.15. The third-order valence-corrected chi connectivity index (χ3v) is 5.12. The monoisotopic (exact) mass is 400 g/mol. The summed E-state index contributed by atoms with van der Waals surface area (Å²) >= 11 is 5.74. The molecule has 2 amide bonds. The van der Waals surface area contributed by atoms with E-state index in [0.29, 0.717) is 5.02 Å². The SMILES string of the molecule is Cn1nc(C(F)(F)F)s/c1=N\C(=O)NS(=O)(=O)c1ccc(Cl)cc1. The van der Waals surface area contributed by atoms with Crippen LogP contribution in [-0.2, 0) is 23.2 Å². The zero-order chi connectivity index (χ0) is 18.1. The Morgan fingerprint density at radius 2 is 1.92 bits per heavy atom. The Bertz CT molecular complexity index is 933. The number of carbonyl (C=O) groups excluding carboxylic acids is 1. The maximum absolute atomic E-state index is 12.5. The molecule has 1 aromatic carbocycles. The van der Waals surface area contributed by atoms with Crippen molar-refractivity contribution in [1.82, 2.24) is 14.5 Å². The Kier molecular flexibility index (Phi) is 5.01. The number of halogens is 4. The zero-order valence-electron chi connectivity index (χ0n) is 11.7. The van der Waals surface area contributed by atoms with Gasteiger partial charge in [0.05, 0.1) is 4.90 Å². The summed E-state index contributed by atoms with van der Waals surface area (Å²) in [5.74, 6) is 0. The number of hydrogen-bond donors (Lipinski definition) is 1. The van der Waals surface area contributed by atoms with Gasteiger partial charge < -0.3 is 0 Å². The Balaban J connectivity index is 2.27. The highest BCUT2D eigenvalue weighted by Gasteiger charge is 2.35. The quantitative estimate of drug-likeness (QED) is 0.835. The first-order valence-electron chi connectivity index (χ1n) is 5.97. The average molecular weight is 401 g/mol. The molecule has 0 spiro atoms. The summed E-state index contributed by atoms with van der Waals surface area (Å²) in [7, 11) is -3.09. The van der Waals surface area contributed by atoms with E-state index < -0.39 is 32.0 Å². The number of aryl methyl sites for hydroxylation is 1. The highest BCUT2D eigenvalue weighted by Crippen LogP contribution is 2.28. The largest absolute Gasteiger partial charge is 0.445 e. The normalized spacial score (nSPS) is 13.1. The molecule has 0 fully saturated rings. The van der Waals surface area contributed by atoms with Gasteiger partial charge in [-0.05, 0) is 24.3 Å². The number of alkyl halides is 3. The van der Waals surface area contributed by atoms with E-state index in [1.807, 2.05) is 0 Å². The molecule has 1 aromatic heterocycles. The number of nitrogens with zero attached hydrogens (tertiary/aromatic N) is 3. The van der Waals surface area contributed by atoms with Crippen molar-refractivity contribution in [2.24, 2.45) is 12.0 Å². The number of benzene rings is 1. The van der Waals surface area contributed by atoms with Crippen LogP contribution in [0.4, 0.5) is 18.0 Å². The summed E-state index contributed by atoms with van der Waals surface area (Å²) in [5.41, 5.74) is 0. The van der Waals surface area contributed by atoms with E-state index in [9.17, 15) is 26.4 Å². The number of rotatable bonds is 2. The fourth-order valence-corrected chi connectivity index (χ4v) is 3.23. The van der Waals surface area contributed by atoms with Crippen LogP contribution in [0.15, 0.2) is 34.2 Å². The standard InChI is InChI=1S/C11H8ClF3N4O3S2/c1-19-10(23-8(17-19)11(13,14)15)16-9(20)18-24(21,22)7-4-2-6(12)3-5-7/h2-5H,1H3,(H,18,20)/b16-10-. The number of urea groups is 1. The molecule has 1 heterocycles. The van der Waals surface area contributed by atoms with Crippen molar-refractivity contribution in [2.45, 2.75) is 11.1 Å². The minimum Gasteiger partial charge on any atom is -0.245 e. The minimum absolute atomic E-state index is 0.106. The molecule has 0 saturated carbocycles. The topological polar surface area (TPSA) is 93.4 Å². The Morgan fingerprint density at radius 3 is 2.42 bits per heavy atom. The lowest BCUT2D eigenvalue weighted by Gasteiger charge is -2.03. The van der Waals surface area contributed by atoms with E-state index in [0.717, 1.165) is 23.9 Å². The van der Waals surface area contributed by atoms with Crippen molar-refractivity contribution in [3.63, 3.8) is 0 Å². The van der Waals surface area contributed by atoms with E-state index in [1.165, 1.54) is 12.1 Å². The molecule has 0 aliphatic carbocycles. The lowest BCUT2D eigenvalue weighted by molar-refractivity contribution is -0.138. The Hall–Kier alpha value is -1.92. The molecule has 2 rings (SSSR count). The van der Waals surface area contributed by atoms with Gasteiger partial charge in [0.25, 0.3) is 10.0 Å². The van der Waals surface area contributed by atoms with Gasteiger partial charge in [-0.2, -0.15) is 23.3 Å². The second kappa shape index (κ2) is 6.53. The Labute approximate surface area is 142 Å². The van der Waals surface area contributed by atoms with Crippen molar-refractivity contribution in [2.75, 3.05) is 0 Å². The van der Waals surface area contributed by atoms with Crippen LogP contribution < -0.4 is 9.52 Å². The molecule has 130 valence electrons. The van der Waals surface area contributed by atoms with E-state index >= 15 is 0 Å². The van der Waals surface area contributed by atoms with Gasteiger partial charge >= 0.3 is 12.2 Å². The molecule has 24 heavy (non-hydrogen) atoms. The molecular weight excluding hydrogens is 393 g/mol. The van der Waals surface area contributed by atoms with Crippen LogP contribution in [0.5, 0.6) is 0 Å². The van der Waals surface area contributed by atoms with E-state index in [1.54, 1.807) is 4.72 Å². The summed E-state index contributed by atoms with van der Waals surface area (Å²) in [6.45, 7) is 0. The van der Waals surface area contributed by atoms with Crippen molar-refractivity contribution in [3.8, 4) is 0 Å². The maximum atomic E-state index is 12.5. The van der Waals surface area contributed by atoms with Gasteiger partial charge in [0.15, 0.2) is 0 Å². The predicted molar refractivity (Wildman–Crippen MR) is 78.8 cm³/mol. The number of aromatic nitrogens is 2. The average Bonchev–Trinajstić information content (AvgIpc) is 2.80. The minimum atomic E-state index is -4.69. The van der Waals surface area contributed by atoms with Crippen LogP contribution >= 0.6 is 22.9 Å². The molecule has 0 unspecified atom stereocenters. The van der Waals surface area contributed by atoms with Gasteiger partial charge in [0, 0.05) is 12.1 Å². The van der Waals surface area contributed by atoms with Crippen LogP contribution in [0.1, 0.15) is 5.01 Å². The molecule has 13 heteroatoms. The second-order valence-electron chi connectivity index (χ2n) is 4.29. The molecule has 0 radical (unpaired) electrons. The third-order valence-electron chi connectivity index (χ3n) is 2.49. The van der Waals surface area contributed by atoms with Gasteiger partial charge in [0.2, 0.25) is 9.81 Å². The van der Waals surface area contributed by atoms with Crippen LogP contribution in [0.2, 0.25) is 5.02 Å². The van der Waals surface area contributed by atoms with Crippen LogP contribution in [0.3, 0.4) is 0 Å². The summed E-state index contributed by atoms with van der Waals surface area (Å²) in [6, 6.07) is 3.57. The summed E-state index contributed by atoms with van der Waals surface area (Å²) in [4.78, 5) is 14.3. The Morgan fingerprint density at radius 1 is 1.33 bits per heavy atom. The number of hydrogen-bond acceptors (Lipinski definition) is 5. The van der Waals surface area contributed by atoms with Gasteiger partial charge in [-0.15, -0.1) is 0 Å². The van der Waals surface area contributed by atoms with Crippen molar-refractivity contribution in [3.05, 3.63) is 39.1 Å². The van der Waals surface area contributed by atoms with Gasteiger partial charge in [0.1, 0.15) is 0 Å². The summed E-state index contributed by atoms with van der Waals surface area (Å²) in [6.07, 6.45) is -4.69. The zero-order valence-corrected chi connectivity index (χ0v) is 14.1. The molecule has 0 aliphatic rings. The molecule has 0 atom stereocenters. The molecule has 0 bridgehead atoms. The highest BCUT2D eigenvalue weighted by atomic mass is 35.5. The summed E-state index contributed by atoms with van der Waals surface area (Å²) < 4.78 is 63.9. The molecule has 7 nitrogen and oxygen atoms in total. The maximum Gasteiger partial charge on any atom is 0.445 e. The van der Waals surface area contributed by atoms with E-state index in [2.05, 4.69) is 10.1 Å². The van der Waals surface area contributed by atoms with E-state index in [4.69, 9.17) is 11.6 Å². The number of amides is 2. The first-order valence-corrected chi connectivity index (χ1v) is 8.65. The van der Waals surface area contributed by atoms with Gasteiger partial charge in [-0.3, -0.25) is 0 Å². The van der Waals surface area contributed by atoms with Crippen LogP contribution in [0, 0.1) is 0 Å². The second-order valence-corrected chi connectivity index (χ2v) is 7.36. The fourth-order valence-electron chi connectivity index (χ4n) is 1.46. The van der Waals surface area contributed by atoms with Crippen molar-refractivity contribution >= 4 is 39.0 Å². The van der Waals surface area contributed by atoms with Crippen LogP contribution in [-0.4, -0.2) is 24.2 Å². The lowest BCUT2D eigenvalue weighted by atomic mass is 10.4. The molecule has 0 saturated heterocycles. The van der Waals surface area contributed by atoms with E-state index in [-0.39, 0.29) is 16.2 Å². The molecule has 2 aromatic rings. The van der Waals surface area contributed by atoms with Crippen molar-refractivity contribution in [1.29, 1.82) is 0 Å². The smallest absolute Gasteiger partial charge is 0.245 e.